The van der Waals surface area contributed by atoms with Gasteiger partial charge in [0.05, 0.1) is 14.2 Å². The van der Waals surface area contributed by atoms with Gasteiger partial charge in [0.1, 0.15) is 0 Å². The molecule has 0 fully saturated rings. The molecule has 0 saturated carbocycles. The maximum Gasteiger partial charge on any atom is 0 e. The van der Waals surface area contributed by atoms with E-state index in [-0.39, 0.29) is 29.9 Å². The predicted molar refractivity (Wildman–Crippen MR) is 92.7 cm³/mol. The quantitative estimate of drug-likeness (QED) is 0.603. The minimum absolute atomic E-state index is 0. The molecule has 0 saturated heterocycles. The van der Waals surface area contributed by atoms with Crippen LogP contribution in [-0.2, 0) is 31.3 Å². The van der Waals surface area contributed by atoms with Gasteiger partial charge in [0, 0.05) is 29.5 Å². The summed E-state index contributed by atoms with van der Waals surface area (Å²) in [7, 11) is 3.40. The minimum Gasteiger partial charge on any atom is 0 e. The van der Waals surface area contributed by atoms with Crippen LogP contribution in [0.1, 0.15) is 55.2 Å². The van der Waals surface area contributed by atoms with Crippen molar-refractivity contribution >= 4 is 0 Å². The van der Waals surface area contributed by atoms with Gasteiger partial charge >= 0.3 is 33.9 Å². The third-order valence-electron chi connectivity index (χ3n) is 4.68. The minimum atomic E-state index is 0. The average molecular weight is 414 g/mol. The molecule has 1 aliphatic rings. The molecular weight excluding hydrogens is 388 g/mol. The average Bonchev–Trinajstić information content (AvgIpc) is 2.71. The summed E-state index contributed by atoms with van der Waals surface area (Å²) in [6, 6.07) is 2.23. The molecule has 1 N–H and O–H groups in total. The smallest absolute Gasteiger partial charge is 0 e. The first-order valence-corrected chi connectivity index (χ1v) is 8.02. The molecular formula is C20H26CrO6. The van der Waals surface area contributed by atoms with E-state index >= 15 is 0 Å². The summed E-state index contributed by atoms with van der Waals surface area (Å²) in [6.45, 7) is 20.2. The summed E-state index contributed by atoms with van der Waals surface area (Å²) < 4.78 is 33.7. The Morgan fingerprint density at radius 1 is 1.07 bits per heavy atom. The van der Waals surface area contributed by atoms with Crippen molar-refractivity contribution in [2.75, 3.05) is 20.8 Å². The van der Waals surface area contributed by atoms with E-state index in [4.69, 9.17) is 23.4 Å². The topological polar surface area (TPSA) is 98.4 Å². The second-order valence-electron chi connectivity index (χ2n) is 6.01. The van der Waals surface area contributed by atoms with Crippen LogP contribution in [-0.4, -0.2) is 25.9 Å². The number of methoxy groups -OCH3 is 2. The molecule has 0 aliphatic heterocycles. The molecule has 0 aromatic heterocycles. The van der Waals surface area contributed by atoms with Gasteiger partial charge in [-0.25, -0.2) is 0 Å². The Morgan fingerprint density at radius 2 is 1.56 bits per heavy atom. The van der Waals surface area contributed by atoms with Crippen molar-refractivity contribution in [1.29, 1.82) is 0 Å². The van der Waals surface area contributed by atoms with E-state index in [1.807, 2.05) is 0 Å². The monoisotopic (exact) mass is 414 g/mol. The predicted octanol–water partition coefficient (Wildman–Crippen LogP) is 3.51. The molecule has 0 heterocycles. The number of aryl methyl sites for hydroxylation is 1. The second kappa shape index (κ2) is 16.7. The molecule has 0 radical (unpaired) electrons. The van der Waals surface area contributed by atoms with Crippen LogP contribution in [0.25, 0.3) is 0 Å². The van der Waals surface area contributed by atoms with E-state index in [1.54, 1.807) is 14.2 Å². The third kappa shape index (κ3) is 7.22. The largest absolute Gasteiger partial charge is 0 e. The van der Waals surface area contributed by atoms with Crippen molar-refractivity contribution < 1.29 is 45.9 Å². The van der Waals surface area contributed by atoms with Gasteiger partial charge in [0.25, 0.3) is 0 Å². The Bertz CT molecular complexity index is 594. The third-order valence-corrected chi connectivity index (χ3v) is 4.68. The fourth-order valence-electron chi connectivity index (χ4n) is 3.53. The first-order chi connectivity index (χ1) is 12.5. The molecule has 0 amide bonds. The number of ether oxygens (including phenoxy) is 2. The molecule has 1 aromatic rings. The van der Waals surface area contributed by atoms with Crippen LogP contribution in [0.3, 0.4) is 0 Å². The molecule has 3 atom stereocenters. The van der Waals surface area contributed by atoms with Crippen LogP contribution in [0, 0.1) is 32.8 Å². The SMILES string of the molecule is COc1c(C)cc2c(c1OC)[C@@H](C)CC[C@@H]2[C@@H](C)CO.[C-]#[O+].[C-]#[O+].[C-]#[O+].[Cr]. The summed E-state index contributed by atoms with van der Waals surface area (Å²) in [4.78, 5) is 0. The summed E-state index contributed by atoms with van der Waals surface area (Å²) in [5.74, 6) is 2.88. The molecule has 7 heteroatoms. The van der Waals surface area contributed by atoms with Crippen LogP contribution in [0.5, 0.6) is 11.5 Å². The zero-order valence-electron chi connectivity index (χ0n) is 16.3. The van der Waals surface area contributed by atoms with Gasteiger partial charge < -0.3 is 14.6 Å². The van der Waals surface area contributed by atoms with Gasteiger partial charge in [-0.3, -0.25) is 0 Å². The van der Waals surface area contributed by atoms with Gasteiger partial charge in [-0.1, -0.05) is 19.9 Å². The van der Waals surface area contributed by atoms with E-state index in [1.165, 1.54) is 11.1 Å². The van der Waals surface area contributed by atoms with E-state index in [2.05, 4.69) is 46.8 Å². The Hall–Kier alpha value is -1.47. The fourth-order valence-corrected chi connectivity index (χ4v) is 3.53. The number of hydrogen-bond acceptors (Lipinski definition) is 3. The Kier molecular flexibility index (Phi) is 18.7. The maximum atomic E-state index is 9.52. The summed E-state index contributed by atoms with van der Waals surface area (Å²) >= 11 is 0. The number of benzene rings is 1. The van der Waals surface area contributed by atoms with Crippen LogP contribution >= 0.6 is 0 Å². The van der Waals surface area contributed by atoms with Crippen molar-refractivity contribution in [3.8, 4) is 11.5 Å². The number of hydrogen-bond donors (Lipinski definition) is 1. The fraction of sp³-hybridized carbons (Fsp3) is 0.550. The van der Waals surface area contributed by atoms with Gasteiger partial charge in [-0.15, -0.1) is 0 Å². The van der Waals surface area contributed by atoms with E-state index < -0.39 is 0 Å². The molecule has 6 nitrogen and oxygen atoms in total. The van der Waals surface area contributed by atoms with Crippen LogP contribution in [0.4, 0.5) is 0 Å². The standard InChI is InChI=1S/C17H26O3.3CO.Cr/c1-10-6-7-13(12(3)9-18)14-8-11(2)16(19-4)17(20-5)15(10)14;3*1-2;/h8,10,12-13,18H,6-7,9H2,1-5H3;;;;/t10-,12-,13+;;;;/m0..../s1. The summed E-state index contributed by atoms with van der Waals surface area (Å²) in [5, 5.41) is 9.52. The molecule has 0 spiro atoms. The van der Waals surface area contributed by atoms with E-state index in [9.17, 15) is 5.11 Å². The van der Waals surface area contributed by atoms with Crippen molar-refractivity contribution in [2.24, 2.45) is 5.92 Å². The molecule has 148 valence electrons. The van der Waals surface area contributed by atoms with Gasteiger partial charge in [-0.2, -0.15) is 0 Å². The van der Waals surface area contributed by atoms with E-state index in [0.29, 0.717) is 11.8 Å². The zero-order valence-corrected chi connectivity index (χ0v) is 17.6. The van der Waals surface area contributed by atoms with Crippen molar-refractivity contribution in [2.45, 2.75) is 45.4 Å². The van der Waals surface area contributed by atoms with Crippen molar-refractivity contribution in [1.82, 2.24) is 0 Å². The molecule has 27 heavy (non-hydrogen) atoms. The summed E-state index contributed by atoms with van der Waals surface area (Å²) in [5.41, 5.74) is 3.71. The van der Waals surface area contributed by atoms with Crippen molar-refractivity contribution in [3.05, 3.63) is 42.7 Å². The van der Waals surface area contributed by atoms with Crippen LogP contribution < -0.4 is 9.47 Å². The number of fused-ring (bicyclic) bond motifs is 1. The number of rotatable bonds is 4. The molecule has 1 aromatic carbocycles. The van der Waals surface area contributed by atoms with Crippen LogP contribution in [0.2, 0.25) is 0 Å². The summed E-state index contributed by atoms with van der Waals surface area (Å²) in [6.07, 6.45) is 2.26. The zero-order chi connectivity index (χ0) is 20.9. The normalized spacial score (nSPS) is 17.3. The molecule has 1 aliphatic carbocycles. The Balaban J connectivity index is -0.000000749. The number of aliphatic hydroxyl groups excluding tert-OH is 1. The first kappa shape index (κ1) is 30.3. The van der Waals surface area contributed by atoms with Gasteiger partial charge in [0.2, 0.25) is 0 Å². The molecule has 0 bridgehead atoms. The Morgan fingerprint density at radius 3 is 1.96 bits per heavy atom. The molecule has 2 rings (SSSR count). The second-order valence-corrected chi connectivity index (χ2v) is 6.01. The van der Waals surface area contributed by atoms with Gasteiger partial charge in [0.15, 0.2) is 11.5 Å². The van der Waals surface area contributed by atoms with Crippen molar-refractivity contribution in [3.63, 3.8) is 0 Å². The Labute approximate surface area is 172 Å². The van der Waals surface area contributed by atoms with Crippen LogP contribution in [0.15, 0.2) is 6.07 Å². The maximum absolute atomic E-state index is 9.52. The number of aliphatic hydroxyl groups is 1. The first-order valence-electron chi connectivity index (χ1n) is 8.02. The molecule has 0 unspecified atom stereocenters. The van der Waals surface area contributed by atoms with Gasteiger partial charge in [-0.05, 0) is 48.6 Å². The van der Waals surface area contributed by atoms with E-state index in [0.717, 1.165) is 29.9 Å².